The van der Waals surface area contributed by atoms with E-state index in [-0.39, 0.29) is 11.7 Å². The molecule has 1 amide bonds. The van der Waals surface area contributed by atoms with E-state index in [9.17, 15) is 9.90 Å². The smallest absolute Gasteiger partial charge is 0.224 e. The van der Waals surface area contributed by atoms with Crippen LogP contribution >= 0.6 is 0 Å². The lowest BCUT2D eigenvalue weighted by Gasteiger charge is -2.07. The maximum absolute atomic E-state index is 11.9. The van der Waals surface area contributed by atoms with Crippen LogP contribution < -0.4 is 9.88 Å². The molecule has 2 rings (SSSR count). The Morgan fingerprint density at radius 2 is 1.95 bits per heavy atom. The van der Waals surface area contributed by atoms with E-state index < -0.39 is 0 Å². The summed E-state index contributed by atoms with van der Waals surface area (Å²) >= 11 is 0. The summed E-state index contributed by atoms with van der Waals surface area (Å²) in [4.78, 5) is 11.9. The van der Waals surface area contributed by atoms with E-state index in [1.54, 1.807) is 12.1 Å². The molecule has 0 unspecified atom stereocenters. The molecule has 0 aliphatic heterocycles. The van der Waals surface area contributed by atoms with Crippen LogP contribution in [0, 0.1) is 6.92 Å². The van der Waals surface area contributed by atoms with Crippen molar-refractivity contribution in [3.05, 3.63) is 54.4 Å². The Hall–Kier alpha value is -2.36. The second kappa shape index (κ2) is 7.43. The van der Waals surface area contributed by atoms with Gasteiger partial charge in [-0.25, -0.2) is 4.57 Å². The number of pyridine rings is 1. The lowest BCUT2D eigenvalue weighted by Crippen LogP contribution is -2.32. The van der Waals surface area contributed by atoms with E-state index in [2.05, 4.69) is 9.88 Å². The zero-order chi connectivity index (χ0) is 15.1. The molecule has 0 bridgehead atoms. The number of carbonyl (C=O) groups excluding carboxylic acids is 1. The molecule has 110 valence electrons. The fourth-order valence-electron chi connectivity index (χ4n) is 2.13. The van der Waals surface area contributed by atoms with Crippen LogP contribution in [0.5, 0.6) is 5.75 Å². The number of aryl methyl sites for hydroxylation is 2. The van der Waals surface area contributed by atoms with Crippen LogP contribution in [-0.4, -0.2) is 11.0 Å². The molecule has 0 saturated heterocycles. The van der Waals surface area contributed by atoms with Gasteiger partial charge in [0.2, 0.25) is 5.91 Å². The van der Waals surface area contributed by atoms with Crippen LogP contribution in [0.15, 0.2) is 48.8 Å². The number of nitrogens with one attached hydrogen (secondary N) is 1. The topological polar surface area (TPSA) is 53.2 Å². The minimum atomic E-state index is -0.0611. The zero-order valence-corrected chi connectivity index (χ0v) is 12.2. The highest BCUT2D eigenvalue weighted by molar-refractivity contribution is 5.92. The summed E-state index contributed by atoms with van der Waals surface area (Å²) in [5.41, 5.74) is 1.49. The molecule has 0 spiro atoms. The Kier molecular flexibility index (Phi) is 5.32. The van der Waals surface area contributed by atoms with Gasteiger partial charge in [0, 0.05) is 25.0 Å². The lowest BCUT2D eigenvalue weighted by atomic mass is 10.2. The predicted molar refractivity (Wildman–Crippen MR) is 82.0 cm³/mol. The van der Waals surface area contributed by atoms with Crippen LogP contribution in [0.1, 0.15) is 24.8 Å². The summed E-state index contributed by atoms with van der Waals surface area (Å²) in [7, 11) is 0. The van der Waals surface area contributed by atoms with Crippen molar-refractivity contribution in [3.8, 4) is 5.75 Å². The van der Waals surface area contributed by atoms with Crippen LogP contribution in [-0.2, 0) is 11.3 Å². The van der Waals surface area contributed by atoms with Crippen LogP contribution in [0.25, 0.3) is 0 Å². The molecule has 0 atom stereocenters. The molecule has 21 heavy (non-hydrogen) atoms. The van der Waals surface area contributed by atoms with Crippen LogP contribution in [0.3, 0.4) is 0 Å². The number of hydrogen-bond donors (Lipinski definition) is 2. The van der Waals surface area contributed by atoms with Crippen molar-refractivity contribution < 1.29 is 14.5 Å². The van der Waals surface area contributed by atoms with Gasteiger partial charge in [-0.15, -0.1) is 0 Å². The SMILES string of the molecule is Cc1ccc(O)c(NC(=O)CCCC[n+]2ccccc2)c1. The highest BCUT2D eigenvalue weighted by atomic mass is 16.3. The summed E-state index contributed by atoms with van der Waals surface area (Å²) in [6.07, 6.45) is 6.26. The van der Waals surface area contributed by atoms with E-state index in [1.165, 1.54) is 0 Å². The monoisotopic (exact) mass is 285 g/mol. The van der Waals surface area contributed by atoms with Crippen LogP contribution in [0.2, 0.25) is 0 Å². The van der Waals surface area contributed by atoms with Crippen molar-refractivity contribution >= 4 is 11.6 Å². The number of hydrogen-bond acceptors (Lipinski definition) is 2. The third kappa shape index (κ3) is 4.91. The first-order valence-corrected chi connectivity index (χ1v) is 7.19. The number of unbranched alkanes of at least 4 members (excludes halogenated alkanes) is 1. The molecule has 4 nitrogen and oxygen atoms in total. The average molecular weight is 285 g/mol. The fraction of sp³-hybridized carbons (Fsp3) is 0.294. The van der Waals surface area contributed by atoms with E-state index in [4.69, 9.17) is 0 Å². The quantitative estimate of drug-likeness (QED) is 0.487. The molecule has 0 saturated carbocycles. The van der Waals surface area contributed by atoms with Crippen molar-refractivity contribution in [2.75, 3.05) is 5.32 Å². The molecule has 0 aliphatic carbocycles. The summed E-state index contributed by atoms with van der Waals surface area (Å²) in [5.74, 6) is 0.0442. The van der Waals surface area contributed by atoms with Gasteiger partial charge in [0.25, 0.3) is 0 Å². The first-order valence-electron chi connectivity index (χ1n) is 7.19. The first-order chi connectivity index (χ1) is 10.1. The molecular weight excluding hydrogens is 264 g/mol. The summed E-state index contributed by atoms with van der Waals surface area (Å²) < 4.78 is 2.10. The molecule has 1 aromatic heterocycles. The number of phenolic OH excluding ortho intramolecular Hbond substituents is 1. The number of nitrogens with zero attached hydrogens (tertiary/aromatic N) is 1. The Morgan fingerprint density at radius 3 is 2.71 bits per heavy atom. The third-order valence-electron chi connectivity index (χ3n) is 3.27. The van der Waals surface area contributed by atoms with Gasteiger partial charge >= 0.3 is 0 Å². The van der Waals surface area contributed by atoms with Crippen molar-refractivity contribution in [2.45, 2.75) is 32.7 Å². The molecule has 2 N–H and O–H groups in total. The van der Waals surface area contributed by atoms with Crippen molar-refractivity contribution in [3.63, 3.8) is 0 Å². The minimum Gasteiger partial charge on any atom is -0.506 e. The number of anilines is 1. The van der Waals surface area contributed by atoms with Crippen LogP contribution in [0.4, 0.5) is 5.69 Å². The van der Waals surface area contributed by atoms with Crippen molar-refractivity contribution in [1.29, 1.82) is 0 Å². The van der Waals surface area contributed by atoms with E-state index in [0.29, 0.717) is 12.1 Å². The Balaban J connectivity index is 1.74. The number of phenols is 1. The average Bonchev–Trinajstić information content (AvgIpc) is 2.48. The summed E-state index contributed by atoms with van der Waals surface area (Å²) in [5, 5.41) is 12.4. The second-order valence-electron chi connectivity index (χ2n) is 5.14. The number of aromatic nitrogens is 1. The first kappa shape index (κ1) is 15.0. The molecule has 0 radical (unpaired) electrons. The van der Waals surface area contributed by atoms with Gasteiger partial charge in [0.1, 0.15) is 12.3 Å². The Bertz CT molecular complexity index is 597. The number of carbonyl (C=O) groups is 1. The number of aromatic hydroxyl groups is 1. The van der Waals surface area contributed by atoms with Gasteiger partial charge in [-0.1, -0.05) is 12.1 Å². The third-order valence-corrected chi connectivity index (χ3v) is 3.27. The van der Waals surface area contributed by atoms with Gasteiger partial charge in [-0.3, -0.25) is 4.79 Å². The molecule has 1 heterocycles. The number of rotatable bonds is 6. The van der Waals surface area contributed by atoms with Gasteiger partial charge in [0.15, 0.2) is 12.4 Å². The number of benzene rings is 1. The Labute approximate surface area is 125 Å². The fourth-order valence-corrected chi connectivity index (χ4v) is 2.13. The molecule has 0 aliphatic rings. The van der Waals surface area contributed by atoms with E-state index in [0.717, 1.165) is 24.9 Å². The Morgan fingerprint density at radius 1 is 1.19 bits per heavy atom. The minimum absolute atomic E-state index is 0.0611. The standard InChI is InChI=1S/C17H20N2O2/c1-14-8-9-16(20)15(13-14)18-17(21)7-3-6-12-19-10-4-2-5-11-19/h2,4-5,8-11,13H,3,6-7,12H2,1H3,(H-,18,20,21)/p+1. The normalized spacial score (nSPS) is 10.3. The van der Waals surface area contributed by atoms with E-state index in [1.807, 2.05) is 43.6 Å². The van der Waals surface area contributed by atoms with Gasteiger partial charge in [-0.2, -0.15) is 0 Å². The van der Waals surface area contributed by atoms with Gasteiger partial charge < -0.3 is 10.4 Å². The van der Waals surface area contributed by atoms with Crippen molar-refractivity contribution in [2.24, 2.45) is 0 Å². The molecular formula is C17H21N2O2+. The maximum Gasteiger partial charge on any atom is 0.224 e. The maximum atomic E-state index is 11.9. The van der Waals surface area contributed by atoms with Gasteiger partial charge in [0.05, 0.1) is 5.69 Å². The molecule has 2 aromatic rings. The largest absolute Gasteiger partial charge is 0.506 e. The zero-order valence-electron chi connectivity index (χ0n) is 12.2. The lowest BCUT2D eigenvalue weighted by molar-refractivity contribution is -0.697. The summed E-state index contributed by atoms with van der Waals surface area (Å²) in [6.45, 7) is 2.83. The second-order valence-corrected chi connectivity index (χ2v) is 5.14. The highest BCUT2D eigenvalue weighted by Crippen LogP contribution is 2.23. The molecule has 4 heteroatoms. The number of amides is 1. The predicted octanol–water partition coefficient (Wildman–Crippen LogP) is 2.80. The highest BCUT2D eigenvalue weighted by Gasteiger charge is 2.07. The van der Waals surface area contributed by atoms with E-state index >= 15 is 0 Å². The molecule has 0 fully saturated rings. The molecule has 1 aromatic carbocycles. The summed E-state index contributed by atoms with van der Waals surface area (Å²) in [6, 6.07) is 11.1. The van der Waals surface area contributed by atoms with Crippen molar-refractivity contribution in [1.82, 2.24) is 0 Å². The van der Waals surface area contributed by atoms with Gasteiger partial charge in [-0.05, 0) is 31.0 Å².